The minimum Gasteiger partial charge on any atom is -0.493 e. The average Bonchev–Trinajstić information content (AvgIpc) is 2.87. The number of esters is 1. The molecule has 4 aromatic rings. The summed E-state index contributed by atoms with van der Waals surface area (Å²) in [5.74, 6) is 0.292. The fourth-order valence-electron chi connectivity index (χ4n) is 3.60. The number of carbonyl (C=O) groups excluding carboxylic acids is 2. The van der Waals surface area contributed by atoms with Crippen molar-refractivity contribution in [1.29, 1.82) is 0 Å². The Morgan fingerprint density at radius 3 is 2.24 bits per heavy atom. The van der Waals surface area contributed by atoms with E-state index in [-0.39, 0.29) is 5.78 Å². The van der Waals surface area contributed by atoms with Gasteiger partial charge >= 0.3 is 5.97 Å². The molecule has 166 valence electrons. The molecular weight excluding hydrogens is 418 g/mol. The van der Waals surface area contributed by atoms with Gasteiger partial charge in [0, 0.05) is 16.5 Å². The molecule has 6 nitrogen and oxygen atoms in total. The molecule has 33 heavy (non-hydrogen) atoms. The van der Waals surface area contributed by atoms with Crippen LogP contribution in [0.25, 0.3) is 22.2 Å². The number of para-hydroxylation sites is 1. The summed E-state index contributed by atoms with van der Waals surface area (Å²) in [6.07, 6.45) is -0.934. The van der Waals surface area contributed by atoms with E-state index < -0.39 is 12.1 Å². The molecule has 1 aromatic heterocycles. The largest absolute Gasteiger partial charge is 0.493 e. The highest BCUT2D eigenvalue weighted by Crippen LogP contribution is 2.33. The number of pyridine rings is 1. The predicted octanol–water partition coefficient (Wildman–Crippen LogP) is 5.35. The molecule has 1 unspecified atom stereocenters. The number of Topliss-reactive ketones (excluding diaryl/α,β-unsaturated/α-hetero) is 1. The van der Waals surface area contributed by atoms with Crippen LogP contribution in [0.3, 0.4) is 0 Å². The second-order valence-corrected chi connectivity index (χ2v) is 7.42. The molecule has 0 aliphatic heterocycles. The smallest absolute Gasteiger partial charge is 0.339 e. The first-order valence-electron chi connectivity index (χ1n) is 10.4. The third-order valence-electron chi connectivity index (χ3n) is 5.33. The van der Waals surface area contributed by atoms with Gasteiger partial charge in [-0.15, -0.1) is 0 Å². The number of aromatic nitrogens is 1. The van der Waals surface area contributed by atoms with Crippen molar-refractivity contribution in [2.24, 2.45) is 0 Å². The molecule has 0 saturated carbocycles. The van der Waals surface area contributed by atoms with Gasteiger partial charge in [-0.25, -0.2) is 9.78 Å². The maximum absolute atomic E-state index is 13.2. The molecule has 0 amide bonds. The Morgan fingerprint density at radius 2 is 1.52 bits per heavy atom. The lowest BCUT2D eigenvalue weighted by Gasteiger charge is -2.15. The molecule has 3 aromatic carbocycles. The number of fused-ring (bicyclic) bond motifs is 1. The quantitative estimate of drug-likeness (QED) is 0.284. The lowest BCUT2D eigenvalue weighted by Crippen LogP contribution is -2.24. The highest BCUT2D eigenvalue weighted by molar-refractivity contribution is 6.06. The molecule has 0 bridgehead atoms. The molecule has 4 rings (SSSR count). The third kappa shape index (κ3) is 4.55. The van der Waals surface area contributed by atoms with E-state index in [4.69, 9.17) is 19.2 Å². The Kier molecular flexibility index (Phi) is 6.36. The van der Waals surface area contributed by atoms with Gasteiger partial charge in [-0.2, -0.15) is 0 Å². The first kappa shape index (κ1) is 22.0. The van der Waals surface area contributed by atoms with Crippen LogP contribution < -0.4 is 9.47 Å². The van der Waals surface area contributed by atoms with Gasteiger partial charge in [-0.05, 0) is 37.3 Å². The van der Waals surface area contributed by atoms with Crippen molar-refractivity contribution in [3.05, 3.63) is 90.0 Å². The Bertz CT molecular complexity index is 1320. The maximum Gasteiger partial charge on any atom is 0.339 e. The minimum atomic E-state index is -0.934. The Balaban J connectivity index is 1.71. The van der Waals surface area contributed by atoms with Crippen molar-refractivity contribution in [2.45, 2.75) is 13.0 Å². The van der Waals surface area contributed by atoms with E-state index in [1.807, 2.05) is 30.3 Å². The molecule has 1 heterocycles. The summed E-state index contributed by atoms with van der Waals surface area (Å²) in [6, 6.07) is 23.2. The molecule has 6 heteroatoms. The van der Waals surface area contributed by atoms with Crippen molar-refractivity contribution in [2.75, 3.05) is 14.2 Å². The molecule has 0 radical (unpaired) electrons. The average molecular weight is 441 g/mol. The van der Waals surface area contributed by atoms with Crippen LogP contribution in [0.2, 0.25) is 0 Å². The Morgan fingerprint density at radius 1 is 0.818 bits per heavy atom. The van der Waals surface area contributed by atoms with Crippen molar-refractivity contribution in [3.8, 4) is 22.8 Å². The number of nitrogens with zero attached hydrogens (tertiary/aromatic N) is 1. The van der Waals surface area contributed by atoms with Gasteiger partial charge in [0.25, 0.3) is 0 Å². The van der Waals surface area contributed by atoms with Gasteiger partial charge in [0.2, 0.25) is 5.78 Å². The number of ether oxygens (including phenoxy) is 3. The number of ketones is 1. The van der Waals surface area contributed by atoms with Crippen molar-refractivity contribution >= 4 is 22.7 Å². The van der Waals surface area contributed by atoms with Crippen LogP contribution in [0.1, 0.15) is 27.6 Å². The van der Waals surface area contributed by atoms with E-state index in [1.54, 1.807) is 69.7 Å². The summed E-state index contributed by atoms with van der Waals surface area (Å²) in [7, 11) is 3.13. The number of carbonyl (C=O) groups is 2. The maximum atomic E-state index is 13.2. The summed E-state index contributed by atoms with van der Waals surface area (Å²) < 4.78 is 16.3. The number of benzene rings is 3. The van der Waals surface area contributed by atoms with E-state index in [0.29, 0.717) is 39.2 Å². The monoisotopic (exact) mass is 441 g/mol. The van der Waals surface area contributed by atoms with Crippen LogP contribution in [0, 0.1) is 0 Å². The number of hydrogen-bond donors (Lipinski definition) is 0. The summed E-state index contributed by atoms with van der Waals surface area (Å²) in [6.45, 7) is 1.58. The molecule has 0 spiro atoms. The number of hydrogen-bond acceptors (Lipinski definition) is 6. The van der Waals surface area contributed by atoms with Crippen LogP contribution in [0.5, 0.6) is 11.5 Å². The topological polar surface area (TPSA) is 74.7 Å². The minimum absolute atomic E-state index is 0.262. The normalized spacial score (nSPS) is 11.6. The first-order valence-corrected chi connectivity index (χ1v) is 10.4. The molecule has 0 aliphatic rings. The van der Waals surface area contributed by atoms with Crippen LogP contribution in [0.15, 0.2) is 78.9 Å². The van der Waals surface area contributed by atoms with Gasteiger partial charge in [-0.3, -0.25) is 4.79 Å². The molecule has 0 N–H and O–H groups in total. The van der Waals surface area contributed by atoms with Gasteiger partial charge in [0.05, 0.1) is 31.0 Å². The summed E-state index contributed by atoms with van der Waals surface area (Å²) >= 11 is 0. The number of rotatable bonds is 7. The molecular formula is C27H23NO5. The lowest BCUT2D eigenvalue weighted by molar-refractivity contribution is 0.0320. The zero-order chi connectivity index (χ0) is 23.4. The van der Waals surface area contributed by atoms with E-state index in [0.717, 1.165) is 5.56 Å². The second-order valence-electron chi connectivity index (χ2n) is 7.42. The standard InChI is InChI=1S/C27H23NO5/c1-17(26(29)18-9-5-4-6-10-18)33-27(30)21-16-23(28-22-12-8-7-11-20(21)22)19-13-14-24(31-2)25(15-19)32-3/h4-17H,1-3H3. The molecule has 1 atom stereocenters. The second kappa shape index (κ2) is 9.53. The van der Waals surface area contributed by atoms with E-state index in [1.165, 1.54) is 0 Å². The predicted molar refractivity (Wildman–Crippen MR) is 126 cm³/mol. The van der Waals surface area contributed by atoms with E-state index in [2.05, 4.69) is 0 Å². The van der Waals surface area contributed by atoms with Crippen LogP contribution in [0.4, 0.5) is 0 Å². The van der Waals surface area contributed by atoms with E-state index >= 15 is 0 Å². The molecule has 0 saturated heterocycles. The first-order chi connectivity index (χ1) is 16.0. The van der Waals surface area contributed by atoms with Gasteiger partial charge in [-0.1, -0.05) is 48.5 Å². The van der Waals surface area contributed by atoms with Crippen LogP contribution in [-0.4, -0.2) is 37.1 Å². The Labute approximate surface area is 191 Å². The van der Waals surface area contributed by atoms with Gasteiger partial charge in [0.15, 0.2) is 17.6 Å². The highest BCUT2D eigenvalue weighted by atomic mass is 16.5. The molecule has 0 aliphatic carbocycles. The van der Waals surface area contributed by atoms with Gasteiger partial charge in [0.1, 0.15) is 0 Å². The van der Waals surface area contributed by atoms with E-state index in [9.17, 15) is 9.59 Å². The summed E-state index contributed by atoms with van der Waals surface area (Å²) in [5, 5.41) is 0.645. The fraction of sp³-hybridized carbons (Fsp3) is 0.148. The fourth-order valence-corrected chi connectivity index (χ4v) is 3.60. The van der Waals surface area contributed by atoms with Crippen molar-refractivity contribution in [3.63, 3.8) is 0 Å². The highest BCUT2D eigenvalue weighted by Gasteiger charge is 2.22. The summed E-state index contributed by atoms with van der Waals surface area (Å²) in [4.78, 5) is 30.6. The van der Waals surface area contributed by atoms with Crippen LogP contribution >= 0.6 is 0 Å². The zero-order valence-electron chi connectivity index (χ0n) is 18.6. The Hall–Kier alpha value is -4.19. The van der Waals surface area contributed by atoms with Crippen molar-refractivity contribution in [1.82, 2.24) is 4.98 Å². The number of methoxy groups -OCH3 is 2. The van der Waals surface area contributed by atoms with Gasteiger partial charge < -0.3 is 14.2 Å². The SMILES string of the molecule is COc1ccc(-c2cc(C(=O)OC(C)C(=O)c3ccccc3)c3ccccc3n2)cc1OC. The van der Waals surface area contributed by atoms with Crippen LogP contribution in [-0.2, 0) is 4.74 Å². The van der Waals surface area contributed by atoms with Crippen molar-refractivity contribution < 1.29 is 23.8 Å². The molecule has 0 fully saturated rings. The lowest BCUT2D eigenvalue weighted by atomic mass is 10.0. The summed E-state index contributed by atoms with van der Waals surface area (Å²) in [5.41, 5.74) is 2.78. The third-order valence-corrected chi connectivity index (χ3v) is 5.33. The zero-order valence-corrected chi connectivity index (χ0v) is 18.6.